The van der Waals surface area contributed by atoms with Crippen LogP contribution in [0.5, 0.6) is 0 Å². The number of para-hydroxylation sites is 1. The third-order valence-corrected chi connectivity index (χ3v) is 4.82. The molecule has 1 aliphatic heterocycles. The molecule has 0 saturated carbocycles. The van der Waals surface area contributed by atoms with Crippen molar-refractivity contribution in [2.45, 2.75) is 0 Å². The maximum atomic E-state index is 12.0. The smallest absolute Gasteiger partial charge is 0.276 e. The van der Waals surface area contributed by atoms with Gasteiger partial charge < -0.3 is 9.80 Å². The summed E-state index contributed by atoms with van der Waals surface area (Å²) in [7, 11) is 1.36. The van der Waals surface area contributed by atoms with Gasteiger partial charge in [-0.05, 0) is 18.2 Å². The SMILES string of the molecule is C[N+](=O)c1ccc(N2CCN(c3ccccc3Cl)CC2)c(C(=O)NO)c1. The minimum atomic E-state index is -0.641. The quantitative estimate of drug-likeness (QED) is 0.488. The Morgan fingerprint density at radius 2 is 1.69 bits per heavy atom. The van der Waals surface area contributed by atoms with Crippen molar-refractivity contribution in [2.24, 2.45) is 0 Å². The van der Waals surface area contributed by atoms with Gasteiger partial charge >= 0.3 is 0 Å². The van der Waals surface area contributed by atoms with Gasteiger partial charge in [0.05, 0.1) is 22.0 Å². The third-order valence-electron chi connectivity index (χ3n) is 4.50. The van der Waals surface area contributed by atoms with Crippen LogP contribution in [0.1, 0.15) is 10.4 Å². The zero-order valence-corrected chi connectivity index (χ0v) is 15.1. The Bertz CT molecular complexity index is 835. The first-order valence-corrected chi connectivity index (χ1v) is 8.63. The number of anilines is 2. The number of nitrogens with one attached hydrogen (secondary N) is 1. The third kappa shape index (κ3) is 3.63. The molecule has 1 amide bonds. The maximum absolute atomic E-state index is 12.0. The monoisotopic (exact) mass is 375 g/mol. The molecule has 3 rings (SSSR count). The van der Waals surface area contributed by atoms with Crippen LogP contribution in [0, 0.1) is 4.91 Å². The summed E-state index contributed by atoms with van der Waals surface area (Å²) in [4.78, 5) is 27.8. The van der Waals surface area contributed by atoms with Gasteiger partial charge in [0.25, 0.3) is 11.6 Å². The maximum Gasteiger partial charge on any atom is 0.276 e. The van der Waals surface area contributed by atoms with Crippen LogP contribution in [0.2, 0.25) is 5.02 Å². The number of hydrogen-bond acceptors (Lipinski definition) is 5. The summed E-state index contributed by atoms with van der Waals surface area (Å²) in [6, 6.07) is 12.6. The molecule has 8 heteroatoms. The fraction of sp³-hybridized carbons (Fsp3) is 0.278. The highest BCUT2D eigenvalue weighted by Gasteiger charge is 2.24. The van der Waals surface area contributed by atoms with E-state index in [1.165, 1.54) is 13.1 Å². The van der Waals surface area contributed by atoms with E-state index in [2.05, 4.69) is 9.80 Å². The van der Waals surface area contributed by atoms with E-state index in [4.69, 9.17) is 16.8 Å². The molecular formula is C18H20ClN4O3+. The molecule has 7 nitrogen and oxygen atoms in total. The van der Waals surface area contributed by atoms with Crippen LogP contribution < -0.4 is 15.3 Å². The molecule has 0 aliphatic carbocycles. The lowest BCUT2D eigenvalue weighted by atomic mass is 10.1. The lowest BCUT2D eigenvalue weighted by Gasteiger charge is -2.38. The largest absolute Gasteiger partial charge is 0.367 e. The summed E-state index contributed by atoms with van der Waals surface area (Å²) in [6.07, 6.45) is 0. The molecule has 1 saturated heterocycles. The highest BCUT2D eigenvalue weighted by molar-refractivity contribution is 6.33. The van der Waals surface area contributed by atoms with Gasteiger partial charge in [0, 0.05) is 48.0 Å². The molecule has 0 radical (unpaired) electrons. The number of carbonyl (C=O) groups is 1. The van der Waals surface area contributed by atoms with Gasteiger partial charge in [-0.2, -0.15) is 0 Å². The Labute approximate surface area is 156 Å². The first kappa shape index (κ1) is 18.2. The summed E-state index contributed by atoms with van der Waals surface area (Å²) in [5.74, 6) is -0.641. The van der Waals surface area contributed by atoms with Crippen molar-refractivity contribution in [3.63, 3.8) is 0 Å². The summed E-state index contributed by atoms with van der Waals surface area (Å²) in [5, 5.41) is 9.74. The van der Waals surface area contributed by atoms with Crippen LogP contribution in [0.15, 0.2) is 42.5 Å². The van der Waals surface area contributed by atoms with Crippen molar-refractivity contribution in [2.75, 3.05) is 43.0 Å². The molecule has 136 valence electrons. The molecule has 1 heterocycles. The number of rotatable bonds is 4. The van der Waals surface area contributed by atoms with Crippen molar-refractivity contribution >= 4 is 34.6 Å². The van der Waals surface area contributed by atoms with Crippen molar-refractivity contribution < 1.29 is 14.8 Å². The Morgan fingerprint density at radius 3 is 2.27 bits per heavy atom. The normalized spacial score (nSPS) is 14.3. The Balaban J connectivity index is 1.82. The number of piperazine rings is 1. The standard InChI is InChI=1S/C18H19ClN4O3/c1-21(26)13-6-7-16(14(12-13)18(24)20-25)22-8-10-23(11-9-22)17-5-3-2-4-15(17)19/h2-7,12H,8-11H2,1H3,(H-,20,24,25)/p+1. The zero-order chi connectivity index (χ0) is 18.7. The van der Waals surface area contributed by atoms with Crippen molar-refractivity contribution in [1.82, 2.24) is 5.48 Å². The van der Waals surface area contributed by atoms with E-state index >= 15 is 0 Å². The van der Waals surface area contributed by atoms with Crippen LogP contribution in [-0.4, -0.2) is 49.1 Å². The van der Waals surface area contributed by atoms with Gasteiger partial charge in [-0.1, -0.05) is 23.7 Å². The summed E-state index contributed by atoms with van der Waals surface area (Å²) >= 11 is 6.27. The first-order valence-electron chi connectivity index (χ1n) is 8.25. The number of hydrogen-bond donors (Lipinski definition) is 2. The van der Waals surface area contributed by atoms with E-state index in [9.17, 15) is 9.70 Å². The molecule has 0 unspecified atom stereocenters. The molecule has 2 aromatic carbocycles. The fourth-order valence-corrected chi connectivity index (χ4v) is 3.39. The van der Waals surface area contributed by atoms with Crippen molar-refractivity contribution in [1.29, 1.82) is 0 Å². The van der Waals surface area contributed by atoms with Gasteiger partial charge in [0.1, 0.15) is 0 Å². The molecule has 26 heavy (non-hydrogen) atoms. The summed E-state index contributed by atoms with van der Waals surface area (Å²) in [6.45, 7) is 2.85. The number of halogens is 1. The van der Waals surface area contributed by atoms with Gasteiger partial charge in [0.2, 0.25) is 0 Å². The lowest BCUT2D eigenvalue weighted by Crippen LogP contribution is -2.47. The molecule has 2 aromatic rings. The van der Waals surface area contributed by atoms with E-state index in [1.54, 1.807) is 17.6 Å². The average molecular weight is 376 g/mol. The van der Waals surface area contributed by atoms with E-state index in [-0.39, 0.29) is 5.56 Å². The van der Waals surface area contributed by atoms with Crippen LogP contribution in [-0.2, 0) is 0 Å². The topological polar surface area (TPSA) is 75.9 Å². The fourth-order valence-electron chi connectivity index (χ4n) is 3.13. The van der Waals surface area contributed by atoms with E-state index in [1.807, 2.05) is 24.3 Å². The highest BCUT2D eigenvalue weighted by Crippen LogP contribution is 2.29. The van der Waals surface area contributed by atoms with Crippen molar-refractivity contribution in [3.8, 4) is 0 Å². The molecule has 1 fully saturated rings. The molecule has 0 bridgehead atoms. The molecular weight excluding hydrogens is 356 g/mol. The summed E-state index contributed by atoms with van der Waals surface area (Å²) < 4.78 is 0.674. The van der Waals surface area contributed by atoms with Crippen LogP contribution in [0.3, 0.4) is 0 Å². The predicted octanol–water partition coefficient (Wildman–Crippen LogP) is 2.83. The molecule has 2 N–H and O–H groups in total. The second kappa shape index (κ2) is 7.72. The Hall–Kier alpha value is -2.64. The minimum Gasteiger partial charge on any atom is -0.367 e. The number of amides is 1. The molecule has 0 aromatic heterocycles. The number of carbonyl (C=O) groups excluding carboxylic acids is 1. The van der Waals surface area contributed by atoms with Crippen LogP contribution in [0.4, 0.5) is 17.1 Å². The molecule has 0 atom stereocenters. The zero-order valence-electron chi connectivity index (χ0n) is 14.4. The van der Waals surface area contributed by atoms with Gasteiger partial charge in [-0.25, -0.2) is 5.48 Å². The van der Waals surface area contributed by atoms with Crippen LogP contribution in [0.25, 0.3) is 0 Å². The Morgan fingerprint density at radius 1 is 1.08 bits per heavy atom. The number of nitrogens with zero attached hydrogens (tertiary/aromatic N) is 3. The van der Waals surface area contributed by atoms with Gasteiger partial charge in [-0.3, -0.25) is 10.0 Å². The second-order valence-electron chi connectivity index (χ2n) is 6.07. The van der Waals surface area contributed by atoms with E-state index in [0.29, 0.717) is 34.2 Å². The van der Waals surface area contributed by atoms with Crippen molar-refractivity contribution in [3.05, 3.63) is 58.0 Å². The lowest BCUT2D eigenvalue weighted by molar-refractivity contribution is -0.428. The first-order chi connectivity index (χ1) is 12.5. The predicted molar refractivity (Wildman–Crippen MR) is 101 cm³/mol. The summed E-state index contributed by atoms with van der Waals surface area (Å²) in [5.41, 5.74) is 3.94. The van der Waals surface area contributed by atoms with Crippen LogP contribution >= 0.6 is 11.6 Å². The van der Waals surface area contributed by atoms with Gasteiger partial charge in [0.15, 0.2) is 7.05 Å². The number of hydroxylamine groups is 1. The average Bonchev–Trinajstić information content (AvgIpc) is 2.67. The van der Waals surface area contributed by atoms with E-state index < -0.39 is 5.91 Å². The second-order valence-corrected chi connectivity index (χ2v) is 6.47. The Kier molecular flexibility index (Phi) is 5.39. The molecule has 1 aliphatic rings. The minimum absolute atomic E-state index is 0.263. The number of benzene rings is 2. The highest BCUT2D eigenvalue weighted by atomic mass is 35.5. The van der Waals surface area contributed by atoms with Gasteiger partial charge in [-0.15, -0.1) is 0 Å². The molecule has 0 spiro atoms. The number of nitroso groups, excluding NO2 is 1. The van der Waals surface area contributed by atoms with E-state index in [0.717, 1.165) is 18.8 Å².